The standard InChI is InChI=1S/C17H18F2N2/c1-21(17-5-3-2-4-16(17)19)15-9-12(8-13(18)10-15)11-20-14-6-7-14/h2-5,8-10,14,20H,6-7,11H2,1H3. The largest absolute Gasteiger partial charge is 0.342 e. The van der Waals surface area contributed by atoms with Gasteiger partial charge >= 0.3 is 0 Å². The monoisotopic (exact) mass is 288 g/mol. The van der Waals surface area contributed by atoms with Crippen LogP contribution in [0.4, 0.5) is 20.2 Å². The molecule has 2 aromatic carbocycles. The van der Waals surface area contributed by atoms with Crippen LogP contribution in [0.25, 0.3) is 0 Å². The summed E-state index contributed by atoms with van der Waals surface area (Å²) in [6.07, 6.45) is 2.38. The molecule has 4 heteroatoms. The predicted molar refractivity (Wildman–Crippen MR) is 80.7 cm³/mol. The summed E-state index contributed by atoms with van der Waals surface area (Å²) in [5.41, 5.74) is 1.96. The highest BCUT2D eigenvalue weighted by atomic mass is 19.1. The number of rotatable bonds is 5. The molecule has 21 heavy (non-hydrogen) atoms. The van der Waals surface area contributed by atoms with E-state index >= 15 is 0 Å². The van der Waals surface area contributed by atoms with Crippen LogP contribution < -0.4 is 10.2 Å². The maximum Gasteiger partial charge on any atom is 0.146 e. The lowest BCUT2D eigenvalue weighted by atomic mass is 10.1. The molecule has 110 valence electrons. The fraction of sp³-hybridized carbons (Fsp3) is 0.294. The van der Waals surface area contributed by atoms with Crippen molar-refractivity contribution in [3.8, 4) is 0 Å². The molecule has 1 aliphatic rings. The SMILES string of the molecule is CN(c1cc(F)cc(CNC2CC2)c1)c1ccccc1F. The Morgan fingerprint density at radius 1 is 1.14 bits per heavy atom. The summed E-state index contributed by atoms with van der Waals surface area (Å²) in [5, 5.41) is 3.36. The minimum atomic E-state index is -0.318. The van der Waals surface area contributed by atoms with Crippen molar-refractivity contribution in [3.05, 3.63) is 59.7 Å². The molecule has 0 saturated heterocycles. The molecule has 0 bridgehead atoms. The van der Waals surface area contributed by atoms with Gasteiger partial charge in [0.25, 0.3) is 0 Å². The van der Waals surface area contributed by atoms with Crippen LogP contribution in [0, 0.1) is 11.6 Å². The number of benzene rings is 2. The zero-order valence-corrected chi connectivity index (χ0v) is 11.9. The first-order chi connectivity index (χ1) is 10.1. The van der Waals surface area contributed by atoms with Gasteiger partial charge in [0.15, 0.2) is 0 Å². The number of nitrogens with one attached hydrogen (secondary N) is 1. The fourth-order valence-electron chi connectivity index (χ4n) is 2.34. The minimum Gasteiger partial charge on any atom is -0.342 e. The lowest BCUT2D eigenvalue weighted by Crippen LogP contribution is -2.16. The fourth-order valence-corrected chi connectivity index (χ4v) is 2.34. The maximum absolute atomic E-state index is 13.8. The average Bonchev–Trinajstić information content (AvgIpc) is 3.28. The van der Waals surface area contributed by atoms with Gasteiger partial charge in [0, 0.05) is 25.3 Å². The third-order valence-corrected chi connectivity index (χ3v) is 3.72. The molecule has 1 fully saturated rings. The van der Waals surface area contributed by atoms with Crippen molar-refractivity contribution in [1.29, 1.82) is 0 Å². The van der Waals surface area contributed by atoms with Gasteiger partial charge in [0.2, 0.25) is 0 Å². The van der Waals surface area contributed by atoms with E-state index in [2.05, 4.69) is 5.32 Å². The molecule has 0 aliphatic heterocycles. The van der Waals surface area contributed by atoms with Crippen molar-refractivity contribution in [2.45, 2.75) is 25.4 Å². The minimum absolute atomic E-state index is 0.303. The van der Waals surface area contributed by atoms with Crippen LogP contribution in [0.15, 0.2) is 42.5 Å². The predicted octanol–water partition coefficient (Wildman–Crippen LogP) is 3.98. The lowest BCUT2D eigenvalue weighted by Gasteiger charge is -2.21. The van der Waals surface area contributed by atoms with Gasteiger partial charge in [-0.05, 0) is 48.7 Å². The summed E-state index contributed by atoms with van der Waals surface area (Å²) in [6, 6.07) is 11.9. The Morgan fingerprint density at radius 2 is 1.90 bits per heavy atom. The van der Waals surface area contributed by atoms with E-state index in [4.69, 9.17) is 0 Å². The second kappa shape index (κ2) is 5.82. The molecule has 1 aliphatic carbocycles. The smallest absolute Gasteiger partial charge is 0.146 e. The lowest BCUT2D eigenvalue weighted by molar-refractivity contribution is 0.617. The molecule has 1 saturated carbocycles. The summed E-state index contributed by atoms with van der Waals surface area (Å²) >= 11 is 0. The average molecular weight is 288 g/mol. The van der Waals surface area contributed by atoms with Crippen LogP contribution >= 0.6 is 0 Å². The van der Waals surface area contributed by atoms with Gasteiger partial charge in [-0.2, -0.15) is 0 Å². The molecule has 2 nitrogen and oxygen atoms in total. The van der Waals surface area contributed by atoms with E-state index in [1.165, 1.54) is 31.0 Å². The van der Waals surface area contributed by atoms with Gasteiger partial charge in [-0.15, -0.1) is 0 Å². The van der Waals surface area contributed by atoms with E-state index in [9.17, 15) is 8.78 Å². The Hall–Kier alpha value is -1.94. The Balaban J connectivity index is 1.84. The molecule has 0 radical (unpaired) electrons. The first-order valence-electron chi connectivity index (χ1n) is 7.14. The summed E-state index contributed by atoms with van der Waals surface area (Å²) in [7, 11) is 1.74. The third kappa shape index (κ3) is 3.39. The summed E-state index contributed by atoms with van der Waals surface area (Å²) in [5.74, 6) is -0.620. The number of hydrogen-bond donors (Lipinski definition) is 1. The molecule has 2 aromatic rings. The molecule has 0 amide bonds. The van der Waals surface area contributed by atoms with Crippen molar-refractivity contribution in [1.82, 2.24) is 5.32 Å². The van der Waals surface area contributed by atoms with E-state index in [0.29, 0.717) is 24.0 Å². The van der Waals surface area contributed by atoms with Crippen LogP contribution in [-0.2, 0) is 6.54 Å². The number of halogens is 2. The highest BCUT2D eigenvalue weighted by molar-refractivity contribution is 5.63. The van der Waals surface area contributed by atoms with E-state index in [0.717, 1.165) is 5.56 Å². The zero-order chi connectivity index (χ0) is 14.8. The van der Waals surface area contributed by atoms with Crippen LogP contribution in [0.5, 0.6) is 0 Å². The van der Waals surface area contributed by atoms with Crippen molar-refractivity contribution in [3.63, 3.8) is 0 Å². The normalized spacial score (nSPS) is 14.2. The van der Waals surface area contributed by atoms with Gasteiger partial charge in [0.1, 0.15) is 11.6 Å². The summed E-state index contributed by atoms with van der Waals surface area (Å²) in [6.45, 7) is 0.639. The highest BCUT2D eigenvalue weighted by Crippen LogP contribution is 2.28. The number of nitrogens with zero attached hydrogens (tertiary/aromatic N) is 1. The molecule has 0 unspecified atom stereocenters. The summed E-state index contributed by atoms with van der Waals surface area (Å²) < 4.78 is 27.6. The molecule has 0 atom stereocenters. The van der Waals surface area contributed by atoms with Crippen LogP contribution in [-0.4, -0.2) is 13.1 Å². The molecule has 0 heterocycles. The van der Waals surface area contributed by atoms with E-state index in [1.807, 2.05) is 6.07 Å². The van der Waals surface area contributed by atoms with Crippen molar-refractivity contribution < 1.29 is 8.78 Å². The highest BCUT2D eigenvalue weighted by Gasteiger charge is 2.20. The van der Waals surface area contributed by atoms with Gasteiger partial charge in [-0.3, -0.25) is 0 Å². The van der Waals surface area contributed by atoms with Crippen LogP contribution in [0.1, 0.15) is 18.4 Å². The Labute approximate surface area is 123 Å². The van der Waals surface area contributed by atoms with E-state index in [1.54, 1.807) is 30.1 Å². The maximum atomic E-state index is 13.8. The molecular formula is C17H18F2N2. The first-order valence-corrected chi connectivity index (χ1v) is 7.14. The van der Waals surface area contributed by atoms with Crippen molar-refractivity contribution in [2.75, 3.05) is 11.9 Å². The van der Waals surface area contributed by atoms with Crippen molar-refractivity contribution in [2.24, 2.45) is 0 Å². The van der Waals surface area contributed by atoms with Crippen LogP contribution in [0.3, 0.4) is 0 Å². The molecule has 1 N–H and O–H groups in total. The van der Waals surface area contributed by atoms with Gasteiger partial charge < -0.3 is 10.2 Å². The zero-order valence-electron chi connectivity index (χ0n) is 11.9. The number of anilines is 2. The second-order valence-corrected chi connectivity index (χ2v) is 5.48. The molecule has 3 rings (SSSR count). The molecule has 0 aromatic heterocycles. The Morgan fingerprint density at radius 3 is 2.62 bits per heavy atom. The Bertz CT molecular complexity index is 638. The summed E-state index contributed by atoms with van der Waals surface area (Å²) in [4.78, 5) is 1.67. The van der Waals surface area contributed by atoms with Gasteiger partial charge in [-0.25, -0.2) is 8.78 Å². The van der Waals surface area contributed by atoms with Gasteiger partial charge in [-0.1, -0.05) is 12.1 Å². The first kappa shape index (κ1) is 14.0. The topological polar surface area (TPSA) is 15.3 Å². The van der Waals surface area contributed by atoms with Crippen LogP contribution in [0.2, 0.25) is 0 Å². The van der Waals surface area contributed by atoms with Gasteiger partial charge in [0.05, 0.1) is 5.69 Å². The van der Waals surface area contributed by atoms with Crippen molar-refractivity contribution >= 4 is 11.4 Å². The van der Waals surface area contributed by atoms with E-state index < -0.39 is 0 Å². The third-order valence-electron chi connectivity index (χ3n) is 3.72. The quantitative estimate of drug-likeness (QED) is 0.895. The molecule has 0 spiro atoms. The number of para-hydroxylation sites is 1. The second-order valence-electron chi connectivity index (χ2n) is 5.48. The number of hydrogen-bond acceptors (Lipinski definition) is 2. The molecular weight excluding hydrogens is 270 g/mol. The Kier molecular flexibility index (Phi) is 3.88. The van der Waals surface area contributed by atoms with E-state index in [-0.39, 0.29) is 11.6 Å².